The van der Waals surface area contributed by atoms with Crippen molar-refractivity contribution >= 4 is 27.1 Å². The van der Waals surface area contributed by atoms with Crippen molar-refractivity contribution < 1.29 is 23.5 Å². The van der Waals surface area contributed by atoms with E-state index in [9.17, 15) is 9.59 Å². The van der Waals surface area contributed by atoms with Crippen LogP contribution in [0.2, 0.25) is 12.6 Å². The second-order valence-corrected chi connectivity index (χ2v) is 10.8. The Morgan fingerprint density at radius 1 is 1.07 bits per heavy atom. The van der Waals surface area contributed by atoms with Gasteiger partial charge in [-0.05, 0) is 62.0 Å². The zero-order chi connectivity index (χ0) is 21.4. The molecule has 0 unspecified atom stereocenters. The van der Waals surface area contributed by atoms with Gasteiger partial charge in [0, 0.05) is 12.7 Å². The standard InChI is InChI=1S/C22H33O5Si/c1-21(2,3)16-28(7)26-15-14-22(4,5)20(24)27-18-11-8-17(9-12-18)10-13-19(23)25-6/h8-13H,14-16H2,1-7H3/b13-10+. The van der Waals surface area contributed by atoms with Crippen molar-refractivity contribution in [3.63, 3.8) is 0 Å². The Bertz CT molecular complexity index is 671. The first-order valence-electron chi connectivity index (χ1n) is 9.46. The topological polar surface area (TPSA) is 61.8 Å². The summed E-state index contributed by atoms with van der Waals surface area (Å²) in [5, 5.41) is 0. The van der Waals surface area contributed by atoms with E-state index in [-0.39, 0.29) is 11.4 Å². The fourth-order valence-corrected chi connectivity index (χ4v) is 4.55. The highest BCUT2D eigenvalue weighted by molar-refractivity contribution is 6.50. The number of benzene rings is 1. The van der Waals surface area contributed by atoms with Gasteiger partial charge in [0.2, 0.25) is 9.04 Å². The summed E-state index contributed by atoms with van der Waals surface area (Å²) in [6.45, 7) is 13.1. The van der Waals surface area contributed by atoms with Crippen LogP contribution in [-0.2, 0) is 18.8 Å². The highest BCUT2D eigenvalue weighted by Crippen LogP contribution is 2.26. The van der Waals surface area contributed by atoms with Gasteiger partial charge in [-0.2, -0.15) is 0 Å². The lowest BCUT2D eigenvalue weighted by Gasteiger charge is -2.25. The molecule has 1 aromatic carbocycles. The molecule has 0 fully saturated rings. The van der Waals surface area contributed by atoms with E-state index in [1.807, 2.05) is 13.8 Å². The first kappa shape index (κ1) is 24.1. The Labute approximate surface area is 170 Å². The highest BCUT2D eigenvalue weighted by Gasteiger charge is 2.30. The molecule has 0 amide bonds. The number of esters is 2. The van der Waals surface area contributed by atoms with Crippen LogP contribution in [-0.4, -0.2) is 34.7 Å². The summed E-state index contributed by atoms with van der Waals surface area (Å²) in [7, 11) is 0.466. The molecule has 155 valence electrons. The lowest BCUT2D eigenvalue weighted by Crippen LogP contribution is -2.31. The van der Waals surface area contributed by atoms with Crippen LogP contribution in [0.25, 0.3) is 6.08 Å². The third kappa shape index (κ3) is 9.33. The third-order valence-corrected chi connectivity index (χ3v) is 6.37. The number of hydrogen-bond donors (Lipinski definition) is 0. The first-order chi connectivity index (χ1) is 12.9. The maximum absolute atomic E-state index is 12.5. The number of ether oxygens (including phenoxy) is 2. The van der Waals surface area contributed by atoms with Crippen molar-refractivity contribution in [3.8, 4) is 5.75 Å². The van der Waals surface area contributed by atoms with Gasteiger partial charge < -0.3 is 13.9 Å². The molecule has 0 saturated carbocycles. The maximum atomic E-state index is 12.5. The van der Waals surface area contributed by atoms with Gasteiger partial charge in [-0.15, -0.1) is 0 Å². The van der Waals surface area contributed by atoms with Crippen LogP contribution in [0.5, 0.6) is 5.75 Å². The van der Waals surface area contributed by atoms with Crippen LogP contribution in [0.3, 0.4) is 0 Å². The summed E-state index contributed by atoms with van der Waals surface area (Å²) in [6.07, 6.45) is 3.59. The highest BCUT2D eigenvalue weighted by atomic mass is 28.3. The van der Waals surface area contributed by atoms with Crippen molar-refractivity contribution in [2.75, 3.05) is 13.7 Å². The smallest absolute Gasteiger partial charge is 0.330 e. The summed E-state index contributed by atoms with van der Waals surface area (Å²) in [5.41, 5.74) is 0.442. The molecule has 0 aliphatic carbocycles. The van der Waals surface area contributed by atoms with E-state index in [1.165, 1.54) is 13.2 Å². The fraction of sp³-hybridized carbons (Fsp3) is 0.545. The van der Waals surface area contributed by atoms with Gasteiger partial charge in [0.05, 0.1) is 12.5 Å². The van der Waals surface area contributed by atoms with Gasteiger partial charge in [0.25, 0.3) is 0 Å². The molecule has 0 N–H and O–H groups in total. The Balaban J connectivity index is 2.53. The number of methoxy groups -OCH3 is 1. The summed E-state index contributed by atoms with van der Waals surface area (Å²) < 4.78 is 16.0. The lowest BCUT2D eigenvalue weighted by molar-refractivity contribution is -0.144. The van der Waals surface area contributed by atoms with Crippen LogP contribution in [0, 0.1) is 10.8 Å². The van der Waals surface area contributed by atoms with E-state index in [0.717, 1.165) is 11.6 Å². The van der Waals surface area contributed by atoms with Crippen LogP contribution in [0.1, 0.15) is 46.6 Å². The van der Waals surface area contributed by atoms with Crippen LogP contribution in [0.15, 0.2) is 30.3 Å². The molecule has 1 rings (SSSR count). The quantitative estimate of drug-likeness (QED) is 0.254. The molecule has 0 heterocycles. The predicted molar refractivity (Wildman–Crippen MR) is 113 cm³/mol. The van der Waals surface area contributed by atoms with Gasteiger partial charge in [-0.1, -0.05) is 32.9 Å². The van der Waals surface area contributed by atoms with E-state index >= 15 is 0 Å². The van der Waals surface area contributed by atoms with E-state index in [4.69, 9.17) is 9.16 Å². The predicted octanol–water partition coefficient (Wildman–Crippen LogP) is 4.88. The van der Waals surface area contributed by atoms with Gasteiger partial charge in [0.15, 0.2) is 0 Å². The molecular formula is C22H33O5Si. The molecule has 0 aliphatic rings. The van der Waals surface area contributed by atoms with Crippen LogP contribution < -0.4 is 4.74 Å². The monoisotopic (exact) mass is 405 g/mol. The van der Waals surface area contributed by atoms with Gasteiger partial charge in [-0.25, -0.2) is 4.79 Å². The molecule has 0 aromatic heterocycles. The largest absolute Gasteiger partial charge is 0.466 e. The van der Waals surface area contributed by atoms with Crippen molar-refractivity contribution in [2.24, 2.45) is 10.8 Å². The Morgan fingerprint density at radius 2 is 1.68 bits per heavy atom. The Kier molecular flexibility index (Phi) is 9.11. The zero-order valence-electron chi connectivity index (χ0n) is 18.1. The summed E-state index contributed by atoms with van der Waals surface area (Å²) in [4.78, 5) is 23.7. The molecule has 6 heteroatoms. The lowest BCUT2D eigenvalue weighted by atomic mass is 9.90. The minimum Gasteiger partial charge on any atom is -0.466 e. The van der Waals surface area contributed by atoms with Gasteiger partial charge in [0.1, 0.15) is 5.75 Å². The van der Waals surface area contributed by atoms with E-state index < -0.39 is 20.4 Å². The van der Waals surface area contributed by atoms with E-state index in [0.29, 0.717) is 18.8 Å². The molecule has 5 nitrogen and oxygen atoms in total. The minimum absolute atomic E-state index is 0.260. The molecule has 0 bridgehead atoms. The average molecular weight is 406 g/mol. The molecule has 1 radical (unpaired) electrons. The second kappa shape index (κ2) is 10.6. The van der Waals surface area contributed by atoms with Gasteiger partial charge >= 0.3 is 11.9 Å². The second-order valence-electron chi connectivity index (χ2n) is 8.74. The van der Waals surface area contributed by atoms with Crippen LogP contribution in [0.4, 0.5) is 0 Å². The van der Waals surface area contributed by atoms with Gasteiger partial charge in [-0.3, -0.25) is 4.79 Å². The maximum Gasteiger partial charge on any atom is 0.330 e. The molecule has 0 aliphatic heterocycles. The number of carbonyl (C=O) groups excluding carboxylic acids is 2. The molecule has 0 saturated heterocycles. The SMILES string of the molecule is COC(=O)/C=C/c1ccc(OC(=O)C(C)(C)CCO[Si](C)CC(C)(C)C)cc1. The van der Waals surface area contributed by atoms with Crippen molar-refractivity contribution in [1.29, 1.82) is 0 Å². The summed E-state index contributed by atoms with van der Waals surface area (Å²) >= 11 is 0. The summed E-state index contributed by atoms with van der Waals surface area (Å²) in [6, 6.07) is 8.03. The van der Waals surface area contributed by atoms with E-state index in [1.54, 1.807) is 30.3 Å². The number of rotatable bonds is 9. The van der Waals surface area contributed by atoms with Crippen molar-refractivity contribution in [2.45, 2.75) is 53.6 Å². The fourth-order valence-electron chi connectivity index (χ4n) is 2.50. The number of hydrogen-bond acceptors (Lipinski definition) is 5. The average Bonchev–Trinajstić information content (AvgIpc) is 2.59. The Hall–Kier alpha value is -1.92. The normalized spacial score (nSPS) is 12.4. The molecule has 28 heavy (non-hydrogen) atoms. The minimum atomic E-state index is -0.862. The Morgan fingerprint density at radius 3 is 2.21 bits per heavy atom. The van der Waals surface area contributed by atoms with E-state index in [2.05, 4.69) is 32.1 Å². The van der Waals surface area contributed by atoms with Crippen LogP contribution >= 0.6 is 0 Å². The summed E-state index contributed by atoms with van der Waals surface area (Å²) in [5.74, 6) is -0.227. The molecular weight excluding hydrogens is 372 g/mol. The zero-order valence-corrected chi connectivity index (χ0v) is 19.1. The molecule has 0 atom stereocenters. The molecule has 1 aromatic rings. The third-order valence-electron chi connectivity index (χ3n) is 4.11. The first-order valence-corrected chi connectivity index (χ1v) is 11.6. The molecule has 0 spiro atoms. The van der Waals surface area contributed by atoms with Crippen molar-refractivity contribution in [3.05, 3.63) is 35.9 Å². The van der Waals surface area contributed by atoms with Crippen molar-refractivity contribution in [1.82, 2.24) is 0 Å². The number of carbonyl (C=O) groups is 2.